The van der Waals surface area contributed by atoms with Crippen LogP contribution in [0.4, 0.5) is 5.69 Å². The Bertz CT molecular complexity index is 1250. The Balaban J connectivity index is 1.11. The highest BCUT2D eigenvalue weighted by Gasteiger charge is 2.13. The van der Waals surface area contributed by atoms with E-state index >= 15 is 0 Å². The topological polar surface area (TPSA) is 71.4 Å². The maximum absolute atomic E-state index is 12.6. The molecule has 0 unspecified atom stereocenters. The quantitative estimate of drug-likeness (QED) is 0.354. The third-order valence-electron chi connectivity index (χ3n) is 6.31. The van der Waals surface area contributed by atoms with E-state index < -0.39 is 0 Å². The average molecular weight is 470 g/mol. The van der Waals surface area contributed by atoms with Gasteiger partial charge < -0.3 is 20.3 Å². The number of benzene rings is 3. The molecule has 1 saturated heterocycles. The molecule has 0 aliphatic carbocycles. The lowest BCUT2D eigenvalue weighted by molar-refractivity contribution is -0.115. The molecule has 1 aliphatic heterocycles. The molecule has 7 heteroatoms. The Kier molecular flexibility index (Phi) is 7.36. The fourth-order valence-electron chi connectivity index (χ4n) is 4.45. The zero-order chi connectivity index (χ0) is 23.9. The van der Waals surface area contributed by atoms with Crippen molar-refractivity contribution in [3.8, 4) is 11.5 Å². The maximum Gasteiger partial charge on any atom is 0.238 e. The normalized spacial score (nSPS) is 13.8. The van der Waals surface area contributed by atoms with Crippen LogP contribution in [0.15, 0.2) is 79.0 Å². The number of anilines is 1. The minimum absolute atomic E-state index is 0.0775. The molecule has 0 bridgehead atoms. The molecule has 5 rings (SSSR count). The molecule has 0 radical (unpaired) electrons. The Morgan fingerprint density at radius 3 is 2.46 bits per heavy atom. The predicted molar refractivity (Wildman–Crippen MR) is 139 cm³/mol. The van der Waals surface area contributed by atoms with E-state index in [0.29, 0.717) is 6.54 Å². The number of likely N-dealkylation sites (tertiary alicyclic amines) is 1. The first-order valence-corrected chi connectivity index (χ1v) is 12.2. The molecule has 1 aliphatic rings. The van der Waals surface area contributed by atoms with Crippen LogP contribution in [0.25, 0.3) is 10.9 Å². The van der Waals surface area contributed by atoms with Crippen molar-refractivity contribution >= 4 is 22.5 Å². The van der Waals surface area contributed by atoms with Gasteiger partial charge in [-0.15, -0.1) is 0 Å². The highest BCUT2D eigenvalue weighted by molar-refractivity contribution is 6.01. The van der Waals surface area contributed by atoms with Crippen LogP contribution in [-0.2, 0) is 17.9 Å². The number of ether oxygens (including phenoxy) is 1. The Hall–Kier alpha value is -3.68. The smallest absolute Gasteiger partial charge is 0.238 e. The molecule has 2 heterocycles. The molecular formula is C28H31N5O2. The molecule has 35 heavy (non-hydrogen) atoms. The molecule has 7 nitrogen and oxygen atoms in total. The van der Waals surface area contributed by atoms with Gasteiger partial charge in [-0.05, 0) is 67.9 Å². The van der Waals surface area contributed by atoms with Gasteiger partial charge >= 0.3 is 0 Å². The molecule has 0 spiro atoms. The van der Waals surface area contributed by atoms with E-state index in [1.807, 2.05) is 77.6 Å². The SMILES string of the molecule is O=C(CNCc1ccc(Oc2ccccc2)cc1)Nc1cccc2c1cnn2CCN1CCCC1. The van der Waals surface area contributed by atoms with Crippen LogP contribution in [0.3, 0.4) is 0 Å². The summed E-state index contributed by atoms with van der Waals surface area (Å²) in [6, 6.07) is 23.5. The van der Waals surface area contributed by atoms with Crippen LogP contribution in [0, 0.1) is 0 Å². The molecule has 3 aromatic carbocycles. The highest BCUT2D eigenvalue weighted by atomic mass is 16.5. The zero-order valence-electron chi connectivity index (χ0n) is 19.8. The van der Waals surface area contributed by atoms with Crippen molar-refractivity contribution in [1.82, 2.24) is 20.0 Å². The van der Waals surface area contributed by atoms with Crippen LogP contribution < -0.4 is 15.4 Å². The summed E-state index contributed by atoms with van der Waals surface area (Å²) < 4.78 is 7.86. The van der Waals surface area contributed by atoms with Crippen molar-refractivity contribution in [3.63, 3.8) is 0 Å². The highest BCUT2D eigenvalue weighted by Crippen LogP contribution is 2.24. The van der Waals surface area contributed by atoms with Crippen LogP contribution in [0.1, 0.15) is 18.4 Å². The molecule has 2 N–H and O–H groups in total. The molecular weight excluding hydrogens is 438 g/mol. The monoisotopic (exact) mass is 469 g/mol. The Labute approximate surface area is 205 Å². The van der Waals surface area contributed by atoms with Gasteiger partial charge in [-0.25, -0.2) is 0 Å². The van der Waals surface area contributed by atoms with Crippen molar-refractivity contribution in [1.29, 1.82) is 0 Å². The van der Waals surface area contributed by atoms with Gasteiger partial charge in [0.05, 0.1) is 30.5 Å². The second kappa shape index (κ2) is 11.2. The van der Waals surface area contributed by atoms with Gasteiger partial charge in [0.1, 0.15) is 11.5 Å². The first-order chi connectivity index (χ1) is 17.2. The van der Waals surface area contributed by atoms with Crippen LogP contribution in [0.2, 0.25) is 0 Å². The van der Waals surface area contributed by atoms with Gasteiger partial charge in [0.2, 0.25) is 5.91 Å². The molecule has 1 fully saturated rings. The third-order valence-corrected chi connectivity index (χ3v) is 6.31. The largest absolute Gasteiger partial charge is 0.457 e. The molecule has 180 valence electrons. The first kappa shape index (κ1) is 23.1. The minimum Gasteiger partial charge on any atom is -0.457 e. The summed E-state index contributed by atoms with van der Waals surface area (Å²) in [5.41, 5.74) is 2.93. The fourth-order valence-corrected chi connectivity index (χ4v) is 4.45. The first-order valence-electron chi connectivity index (χ1n) is 12.2. The lowest BCUT2D eigenvalue weighted by Crippen LogP contribution is -2.27. The van der Waals surface area contributed by atoms with E-state index in [0.717, 1.165) is 46.7 Å². The van der Waals surface area contributed by atoms with E-state index in [2.05, 4.69) is 26.7 Å². The zero-order valence-corrected chi connectivity index (χ0v) is 19.8. The summed E-state index contributed by atoms with van der Waals surface area (Å²) in [6.07, 6.45) is 4.43. The van der Waals surface area contributed by atoms with Gasteiger partial charge in [-0.3, -0.25) is 9.48 Å². The lowest BCUT2D eigenvalue weighted by Gasteiger charge is -2.14. The Morgan fingerprint density at radius 2 is 1.66 bits per heavy atom. The third kappa shape index (κ3) is 6.07. The molecule has 0 atom stereocenters. The summed E-state index contributed by atoms with van der Waals surface area (Å²) in [6.45, 7) is 5.05. The number of amides is 1. The summed E-state index contributed by atoms with van der Waals surface area (Å²) >= 11 is 0. The van der Waals surface area contributed by atoms with Crippen molar-refractivity contribution in [2.24, 2.45) is 0 Å². The fraction of sp³-hybridized carbons (Fsp3) is 0.286. The van der Waals surface area contributed by atoms with Crippen molar-refractivity contribution in [3.05, 3.63) is 84.6 Å². The van der Waals surface area contributed by atoms with E-state index in [-0.39, 0.29) is 12.5 Å². The van der Waals surface area contributed by atoms with E-state index in [1.54, 1.807) is 0 Å². The van der Waals surface area contributed by atoms with Gasteiger partial charge in [-0.1, -0.05) is 36.4 Å². The number of carbonyl (C=O) groups is 1. The summed E-state index contributed by atoms with van der Waals surface area (Å²) in [7, 11) is 0. The molecule has 4 aromatic rings. The second-order valence-electron chi connectivity index (χ2n) is 8.87. The average Bonchev–Trinajstić information content (AvgIpc) is 3.55. The van der Waals surface area contributed by atoms with Crippen molar-refractivity contribution in [2.75, 3.05) is 31.5 Å². The number of fused-ring (bicyclic) bond motifs is 1. The van der Waals surface area contributed by atoms with Gasteiger partial charge in [0.15, 0.2) is 0 Å². The second-order valence-corrected chi connectivity index (χ2v) is 8.87. The summed E-state index contributed by atoms with van der Waals surface area (Å²) in [5.74, 6) is 1.51. The van der Waals surface area contributed by atoms with E-state index in [4.69, 9.17) is 4.74 Å². The molecule has 1 aromatic heterocycles. The van der Waals surface area contributed by atoms with E-state index in [1.165, 1.54) is 25.9 Å². The van der Waals surface area contributed by atoms with Crippen LogP contribution >= 0.6 is 0 Å². The Morgan fingerprint density at radius 1 is 0.886 bits per heavy atom. The number of carbonyl (C=O) groups excluding carboxylic acids is 1. The van der Waals surface area contributed by atoms with Crippen LogP contribution in [-0.4, -0.2) is 46.8 Å². The lowest BCUT2D eigenvalue weighted by atomic mass is 10.2. The van der Waals surface area contributed by atoms with E-state index in [9.17, 15) is 4.79 Å². The minimum atomic E-state index is -0.0775. The number of hydrogen-bond donors (Lipinski definition) is 2. The summed E-state index contributed by atoms with van der Waals surface area (Å²) in [5, 5.41) is 11.8. The van der Waals surface area contributed by atoms with Crippen molar-refractivity contribution < 1.29 is 9.53 Å². The number of aromatic nitrogens is 2. The predicted octanol–water partition coefficient (Wildman–Crippen LogP) is 4.65. The standard InChI is InChI=1S/C28H31N5O2/c34-28(21-29-19-22-11-13-24(14-12-22)35-23-7-2-1-3-8-23)31-26-9-6-10-27-25(26)20-30-33(27)18-17-32-15-4-5-16-32/h1-3,6-14,20,29H,4-5,15-19,21H2,(H,31,34). The number of para-hydroxylation sites is 1. The number of nitrogens with zero attached hydrogens (tertiary/aromatic N) is 3. The van der Waals surface area contributed by atoms with Gasteiger partial charge in [0, 0.05) is 18.5 Å². The van der Waals surface area contributed by atoms with Gasteiger partial charge in [0.25, 0.3) is 0 Å². The molecule has 1 amide bonds. The number of nitrogens with one attached hydrogen (secondary N) is 2. The van der Waals surface area contributed by atoms with Gasteiger partial charge in [-0.2, -0.15) is 5.10 Å². The number of hydrogen-bond acceptors (Lipinski definition) is 5. The van der Waals surface area contributed by atoms with Crippen LogP contribution in [0.5, 0.6) is 11.5 Å². The maximum atomic E-state index is 12.6. The number of rotatable bonds is 10. The molecule has 0 saturated carbocycles. The summed E-state index contributed by atoms with van der Waals surface area (Å²) in [4.78, 5) is 15.1. The van der Waals surface area contributed by atoms with Crippen molar-refractivity contribution in [2.45, 2.75) is 25.9 Å².